The molecule has 0 aliphatic rings. The number of rotatable bonds is 8. The van der Waals surface area contributed by atoms with Crippen LogP contribution >= 0.6 is 0 Å². The van der Waals surface area contributed by atoms with E-state index in [4.69, 9.17) is 9.84 Å². The van der Waals surface area contributed by atoms with Crippen LogP contribution in [0.25, 0.3) is 0 Å². The molecule has 2 N–H and O–H groups in total. The van der Waals surface area contributed by atoms with Crippen molar-refractivity contribution in [3.8, 4) is 0 Å². The molecule has 0 radical (unpaired) electrons. The summed E-state index contributed by atoms with van der Waals surface area (Å²) in [5.74, 6) is -1.24. The van der Waals surface area contributed by atoms with Crippen molar-refractivity contribution in [1.82, 2.24) is 5.32 Å². The smallest absolute Gasteiger partial charge is 0.310 e. The number of methoxy groups -OCH3 is 1. The number of hydrogen-bond acceptors (Lipinski definition) is 3. The molecule has 1 aromatic carbocycles. The number of carboxylic acid groups (broad SMARTS) is 1. The van der Waals surface area contributed by atoms with Crippen LogP contribution in [0.5, 0.6) is 0 Å². The highest BCUT2D eigenvalue weighted by Gasteiger charge is 2.12. The molecule has 4 nitrogen and oxygen atoms in total. The lowest BCUT2D eigenvalue weighted by Gasteiger charge is -2.08. The van der Waals surface area contributed by atoms with Gasteiger partial charge < -0.3 is 15.2 Å². The second-order valence-electron chi connectivity index (χ2n) is 4.32. The summed E-state index contributed by atoms with van der Waals surface area (Å²) in [6, 6.07) is 7.70. The molecule has 0 saturated carbocycles. The maximum absolute atomic E-state index is 10.8. The topological polar surface area (TPSA) is 58.6 Å². The largest absolute Gasteiger partial charge is 0.481 e. The minimum absolute atomic E-state index is 0.450. The van der Waals surface area contributed by atoms with Crippen LogP contribution in [0, 0.1) is 0 Å². The van der Waals surface area contributed by atoms with Gasteiger partial charge in [0, 0.05) is 20.3 Å². The Labute approximate surface area is 108 Å². The van der Waals surface area contributed by atoms with Gasteiger partial charge in [-0.15, -0.1) is 0 Å². The fourth-order valence-electron chi connectivity index (χ4n) is 1.64. The van der Waals surface area contributed by atoms with E-state index in [0.29, 0.717) is 0 Å². The molecule has 1 unspecified atom stereocenters. The number of carboxylic acids is 1. The van der Waals surface area contributed by atoms with E-state index in [0.717, 1.165) is 37.2 Å². The van der Waals surface area contributed by atoms with Crippen molar-refractivity contribution >= 4 is 5.97 Å². The maximum atomic E-state index is 10.8. The lowest BCUT2D eigenvalue weighted by atomic mass is 10.0. The number of carbonyl (C=O) groups is 1. The normalized spacial score (nSPS) is 12.3. The van der Waals surface area contributed by atoms with E-state index in [-0.39, 0.29) is 0 Å². The molecule has 0 spiro atoms. The first-order valence-electron chi connectivity index (χ1n) is 6.16. The van der Waals surface area contributed by atoms with E-state index in [1.807, 2.05) is 24.3 Å². The maximum Gasteiger partial charge on any atom is 0.310 e. The van der Waals surface area contributed by atoms with Crippen LogP contribution in [0.4, 0.5) is 0 Å². The van der Waals surface area contributed by atoms with Gasteiger partial charge in [0.05, 0.1) is 5.92 Å². The Morgan fingerprint density at radius 3 is 2.61 bits per heavy atom. The molecule has 1 aromatic rings. The fraction of sp³-hybridized carbons (Fsp3) is 0.500. The molecule has 0 aromatic heterocycles. The number of nitrogens with one attached hydrogen (secondary N) is 1. The number of aliphatic carboxylic acids is 1. The van der Waals surface area contributed by atoms with Crippen LogP contribution in [0.2, 0.25) is 0 Å². The standard InChI is InChI=1S/C14H21NO3/c1-11(14(16)17)13-6-4-12(5-7-13)10-15-8-3-9-18-2/h4-7,11,15H,3,8-10H2,1-2H3,(H,16,17). The van der Waals surface area contributed by atoms with Gasteiger partial charge in [-0.2, -0.15) is 0 Å². The predicted octanol–water partition coefficient (Wildman–Crippen LogP) is 2.00. The van der Waals surface area contributed by atoms with Crippen LogP contribution in [0.15, 0.2) is 24.3 Å². The van der Waals surface area contributed by atoms with Gasteiger partial charge in [0.1, 0.15) is 0 Å². The highest BCUT2D eigenvalue weighted by atomic mass is 16.5. The molecule has 100 valence electrons. The molecule has 0 heterocycles. The molecule has 1 atom stereocenters. The van der Waals surface area contributed by atoms with E-state index < -0.39 is 11.9 Å². The van der Waals surface area contributed by atoms with Gasteiger partial charge in [-0.3, -0.25) is 4.79 Å². The van der Waals surface area contributed by atoms with Crippen molar-refractivity contribution in [3.63, 3.8) is 0 Å². The zero-order valence-electron chi connectivity index (χ0n) is 11.0. The Morgan fingerprint density at radius 2 is 2.06 bits per heavy atom. The molecule has 0 saturated heterocycles. The summed E-state index contributed by atoms with van der Waals surface area (Å²) in [5.41, 5.74) is 2.00. The summed E-state index contributed by atoms with van der Waals surface area (Å²) in [7, 11) is 1.70. The van der Waals surface area contributed by atoms with E-state index in [1.54, 1.807) is 14.0 Å². The van der Waals surface area contributed by atoms with Crippen molar-refractivity contribution < 1.29 is 14.6 Å². The van der Waals surface area contributed by atoms with E-state index in [9.17, 15) is 4.79 Å². The Hall–Kier alpha value is -1.39. The van der Waals surface area contributed by atoms with Crippen molar-refractivity contribution in [3.05, 3.63) is 35.4 Å². The van der Waals surface area contributed by atoms with Crippen LogP contribution in [0.1, 0.15) is 30.4 Å². The zero-order chi connectivity index (χ0) is 13.4. The Bertz CT molecular complexity index is 362. The molecule has 0 amide bonds. The first-order chi connectivity index (χ1) is 8.65. The summed E-state index contributed by atoms with van der Waals surface area (Å²) >= 11 is 0. The number of hydrogen-bond donors (Lipinski definition) is 2. The summed E-state index contributed by atoms with van der Waals surface area (Å²) in [4.78, 5) is 10.8. The SMILES string of the molecule is COCCCNCc1ccc(C(C)C(=O)O)cc1. The monoisotopic (exact) mass is 251 g/mol. The minimum atomic E-state index is -0.791. The summed E-state index contributed by atoms with van der Waals surface area (Å²) in [6.07, 6.45) is 0.991. The van der Waals surface area contributed by atoms with Crippen molar-refractivity contribution in [1.29, 1.82) is 0 Å². The lowest BCUT2D eigenvalue weighted by Crippen LogP contribution is -2.16. The van der Waals surface area contributed by atoms with Crippen molar-refractivity contribution in [2.24, 2.45) is 0 Å². The predicted molar refractivity (Wildman–Crippen MR) is 70.7 cm³/mol. The average Bonchev–Trinajstić information content (AvgIpc) is 2.38. The van der Waals surface area contributed by atoms with E-state index in [2.05, 4.69) is 5.32 Å². The number of benzene rings is 1. The van der Waals surface area contributed by atoms with E-state index >= 15 is 0 Å². The quantitative estimate of drug-likeness (QED) is 0.694. The minimum Gasteiger partial charge on any atom is -0.481 e. The average molecular weight is 251 g/mol. The molecule has 0 bridgehead atoms. The van der Waals surface area contributed by atoms with E-state index in [1.165, 1.54) is 0 Å². The summed E-state index contributed by atoms with van der Waals surface area (Å²) < 4.78 is 4.96. The highest BCUT2D eigenvalue weighted by molar-refractivity contribution is 5.75. The molecule has 0 fully saturated rings. The lowest BCUT2D eigenvalue weighted by molar-refractivity contribution is -0.138. The van der Waals surface area contributed by atoms with Crippen LogP contribution < -0.4 is 5.32 Å². The van der Waals surface area contributed by atoms with Gasteiger partial charge in [0.25, 0.3) is 0 Å². The van der Waals surface area contributed by atoms with Gasteiger partial charge in [0.15, 0.2) is 0 Å². The number of ether oxygens (including phenoxy) is 1. The molecular formula is C14H21NO3. The fourth-order valence-corrected chi connectivity index (χ4v) is 1.64. The van der Waals surface area contributed by atoms with Crippen molar-refractivity contribution in [2.75, 3.05) is 20.3 Å². The van der Waals surface area contributed by atoms with Gasteiger partial charge in [0.2, 0.25) is 0 Å². The third kappa shape index (κ3) is 4.85. The third-order valence-corrected chi connectivity index (χ3v) is 2.88. The highest BCUT2D eigenvalue weighted by Crippen LogP contribution is 2.15. The van der Waals surface area contributed by atoms with Gasteiger partial charge >= 0.3 is 5.97 Å². The van der Waals surface area contributed by atoms with Crippen LogP contribution in [-0.2, 0) is 16.1 Å². The zero-order valence-corrected chi connectivity index (χ0v) is 11.0. The second kappa shape index (κ2) is 7.84. The Balaban J connectivity index is 2.38. The molecule has 18 heavy (non-hydrogen) atoms. The summed E-state index contributed by atoms with van der Waals surface area (Å²) in [6.45, 7) is 4.18. The van der Waals surface area contributed by atoms with Crippen LogP contribution in [-0.4, -0.2) is 31.3 Å². The van der Waals surface area contributed by atoms with Crippen LogP contribution in [0.3, 0.4) is 0 Å². The molecule has 1 rings (SSSR count). The Kier molecular flexibility index (Phi) is 6.39. The Morgan fingerprint density at radius 1 is 1.39 bits per heavy atom. The van der Waals surface area contributed by atoms with Gasteiger partial charge in [-0.05, 0) is 31.0 Å². The summed E-state index contributed by atoms with van der Waals surface area (Å²) in [5, 5.41) is 12.2. The second-order valence-corrected chi connectivity index (χ2v) is 4.32. The molecular weight excluding hydrogens is 230 g/mol. The van der Waals surface area contributed by atoms with Gasteiger partial charge in [-0.25, -0.2) is 0 Å². The first kappa shape index (κ1) is 14.7. The molecule has 4 heteroatoms. The molecule has 0 aliphatic carbocycles. The first-order valence-corrected chi connectivity index (χ1v) is 6.16. The molecule has 0 aliphatic heterocycles. The third-order valence-electron chi connectivity index (χ3n) is 2.88. The van der Waals surface area contributed by atoms with Crippen molar-refractivity contribution in [2.45, 2.75) is 25.8 Å². The van der Waals surface area contributed by atoms with Gasteiger partial charge in [-0.1, -0.05) is 24.3 Å².